The van der Waals surface area contributed by atoms with Gasteiger partial charge in [0.05, 0.1) is 13.2 Å². The number of carbonyl (C=O) groups is 1. The second-order valence-electron chi connectivity index (χ2n) is 3.94. The molecule has 4 nitrogen and oxygen atoms in total. The van der Waals surface area contributed by atoms with Crippen molar-refractivity contribution in [3.05, 3.63) is 0 Å². The Balaban J connectivity index is 3.30. The maximum absolute atomic E-state index is 10.1. The monoisotopic (exact) mass is 232 g/mol. The molecule has 0 aliphatic carbocycles. The lowest BCUT2D eigenvalue weighted by atomic mass is 10.0. The number of hydrogen-bond acceptors (Lipinski definition) is 3. The standard InChI is InChI=1S/C12H24O4/c1-3-5-6-11(4-2)9-15-7-8-16-10-12(13)14/h11H,3-10H2,1-2H3,(H,13,14). The highest BCUT2D eigenvalue weighted by atomic mass is 16.5. The summed E-state index contributed by atoms with van der Waals surface area (Å²) in [6.45, 7) is 5.72. The summed E-state index contributed by atoms with van der Waals surface area (Å²) < 4.78 is 10.3. The van der Waals surface area contributed by atoms with Crippen molar-refractivity contribution < 1.29 is 19.4 Å². The van der Waals surface area contributed by atoms with Gasteiger partial charge in [-0.1, -0.05) is 33.1 Å². The zero-order valence-corrected chi connectivity index (χ0v) is 10.4. The second kappa shape index (κ2) is 10.9. The van der Waals surface area contributed by atoms with Crippen LogP contribution >= 0.6 is 0 Å². The molecule has 0 radical (unpaired) electrons. The topological polar surface area (TPSA) is 55.8 Å². The molecule has 1 unspecified atom stereocenters. The Morgan fingerprint density at radius 1 is 1.25 bits per heavy atom. The molecule has 0 bridgehead atoms. The van der Waals surface area contributed by atoms with Gasteiger partial charge in [0.1, 0.15) is 6.61 Å². The van der Waals surface area contributed by atoms with E-state index < -0.39 is 5.97 Å². The smallest absolute Gasteiger partial charge is 0.329 e. The van der Waals surface area contributed by atoms with E-state index in [1.54, 1.807) is 0 Å². The first kappa shape index (κ1) is 15.4. The van der Waals surface area contributed by atoms with Crippen molar-refractivity contribution in [3.63, 3.8) is 0 Å². The maximum atomic E-state index is 10.1. The molecule has 0 spiro atoms. The average molecular weight is 232 g/mol. The summed E-state index contributed by atoms with van der Waals surface area (Å²) in [5.74, 6) is -0.311. The molecule has 0 fully saturated rings. The van der Waals surface area contributed by atoms with Gasteiger partial charge in [-0.3, -0.25) is 0 Å². The Hall–Kier alpha value is -0.610. The van der Waals surface area contributed by atoms with E-state index in [9.17, 15) is 4.79 Å². The van der Waals surface area contributed by atoms with Crippen LogP contribution in [-0.4, -0.2) is 37.5 Å². The highest BCUT2D eigenvalue weighted by Gasteiger charge is 2.05. The van der Waals surface area contributed by atoms with Gasteiger partial charge in [0.2, 0.25) is 0 Å². The third kappa shape index (κ3) is 9.93. The van der Waals surface area contributed by atoms with E-state index in [1.807, 2.05) is 0 Å². The zero-order chi connectivity index (χ0) is 12.2. The van der Waals surface area contributed by atoms with E-state index in [-0.39, 0.29) is 6.61 Å². The predicted octanol–water partition coefficient (Wildman–Crippen LogP) is 2.32. The lowest BCUT2D eigenvalue weighted by Crippen LogP contribution is -2.14. The zero-order valence-electron chi connectivity index (χ0n) is 10.4. The molecular weight excluding hydrogens is 208 g/mol. The second-order valence-corrected chi connectivity index (χ2v) is 3.94. The van der Waals surface area contributed by atoms with Crippen LogP contribution in [0, 0.1) is 5.92 Å². The van der Waals surface area contributed by atoms with Crippen LogP contribution in [0.25, 0.3) is 0 Å². The molecule has 0 aromatic carbocycles. The largest absolute Gasteiger partial charge is 0.480 e. The van der Waals surface area contributed by atoms with Gasteiger partial charge in [-0.15, -0.1) is 0 Å². The summed E-state index contributed by atoms with van der Waals surface area (Å²) in [7, 11) is 0. The van der Waals surface area contributed by atoms with Crippen LogP contribution < -0.4 is 0 Å². The molecule has 0 rings (SSSR count). The Bertz CT molecular complexity index is 170. The molecule has 0 saturated heterocycles. The van der Waals surface area contributed by atoms with Gasteiger partial charge in [-0.05, 0) is 12.3 Å². The minimum Gasteiger partial charge on any atom is -0.480 e. The van der Waals surface area contributed by atoms with Gasteiger partial charge in [-0.25, -0.2) is 4.79 Å². The quantitative estimate of drug-likeness (QED) is 0.555. The Labute approximate surface area is 97.9 Å². The van der Waals surface area contributed by atoms with Gasteiger partial charge in [0.25, 0.3) is 0 Å². The fraction of sp³-hybridized carbons (Fsp3) is 0.917. The number of ether oxygens (including phenoxy) is 2. The first-order valence-electron chi connectivity index (χ1n) is 6.07. The third-order valence-corrected chi connectivity index (χ3v) is 2.49. The Morgan fingerprint density at radius 3 is 2.50 bits per heavy atom. The predicted molar refractivity (Wildman–Crippen MR) is 62.6 cm³/mol. The van der Waals surface area contributed by atoms with Crippen LogP contribution in [0.3, 0.4) is 0 Å². The van der Waals surface area contributed by atoms with Crippen molar-refractivity contribution in [1.82, 2.24) is 0 Å². The van der Waals surface area contributed by atoms with Crippen molar-refractivity contribution in [2.45, 2.75) is 39.5 Å². The number of unbranched alkanes of at least 4 members (excludes halogenated alkanes) is 1. The Kier molecular flexibility index (Phi) is 10.5. The summed E-state index contributed by atoms with van der Waals surface area (Å²) in [5, 5.41) is 8.33. The summed E-state index contributed by atoms with van der Waals surface area (Å²) >= 11 is 0. The number of carboxylic acid groups (broad SMARTS) is 1. The highest BCUT2D eigenvalue weighted by Crippen LogP contribution is 2.12. The van der Waals surface area contributed by atoms with Gasteiger partial charge in [0.15, 0.2) is 0 Å². The molecule has 1 atom stereocenters. The van der Waals surface area contributed by atoms with Crippen LogP contribution in [0.2, 0.25) is 0 Å². The molecule has 1 N–H and O–H groups in total. The summed E-state index contributed by atoms with van der Waals surface area (Å²) in [6.07, 6.45) is 4.81. The average Bonchev–Trinajstić information content (AvgIpc) is 2.26. The van der Waals surface area contributed by atoms with Gasteiger partial charge in [-0.2, -0.15) is 0 Å². The van der Waals surface area contributed by atoms with Crippen LogP contribution in [0.1, 0.15) is 39.5 Å². The fourth-order valence-corrected chi connectivity index (χ4v) is 1.43. The van der Waals surface area contributed by atoms with Crippen molar-refractivity contribution in [1.29, 1.82) is 0 Å². The van der Waals surface area contributed by atoms with Crippen molar-refractivity contribution in [2.75, 3.05) is 26.4 Å². The summed E-state index contributed by atoms with van der Waals surface area (Å²) in [4.78, 5) is 10.1. The van der Waals surface area contributed by atoms with E-state index >= 15 is 0 Å². The molecule has 0 aliphatic heterocycles. The fourth-order valence-electron chi connectivity index (χ4n) is 1.43. The molecule has 0 saturated carbocycles. The van der Waals surface area contributed by atoms with Crippen LogP contribution in [0.15, 0.2) is 0 Å². The SMILES string of the molecule is CCCCC(CC)COCCOCC(=O)O. The normalized spacial score (nSPS) is 12.6. The summed E-state index contributed by atoms with van der Waals surface area (Å²) in [6, 6.07) is 0. The van der Waals surface area contributed by atoms with Crippen LogP contribution in [-0.2, 0) is 14.3 Å². The lowest BCUT2D eigenvalue weighted by molar-refractivity contribution is -0.142. The van der Waals surface area contributed by atoms with E-state index in [4.69, 9.17) is 14.6 Å². The van der Waals surface area contributed by atoms with E-state index in [1.165, 1.54) is 19.3 Å². The minimum atomic E-state index is -0.936. The van der Waals surface area contributed by atoms with Gasteiger partial charge < -0.3 is 14.6 Å². The first-order chi connectivity index (χ1) is 7.70. The molecule has 0 aromatic rings. The van der Waals surface area contributed by atoms with E-state index in [0.29, 0.717) is 19.1 Å². The Morgan fingerprint density at radius 2 is 1.94 bits per heavy atom. The van der Waals surface area contributed by atoms with Gasteiger partial charge in [0, 0.05) is 6.61 Å². The molecule has 16 heavy (non-hydrogen) atoms. The van der Waals surface area contributed by atoms with Crippen LogP contribution in [0.4, 0.5) is 0 Å². The molecule has 0 aromatic heterocycles. The molecule has 0 amide bonds. The minimum absolute atomic E-state index is 0.240. The van der Waals surface area contributed by atoms with Crippen LogP contribution in [0.5, 0.6) is 0 Å². The van der Waals surface area contributed by atoms with Crippen molar-refractivity contribution in [3.8, 4) is 0 Å². The number of rotatable bonds is 11. The number of aliphatic carboxylic acids is 1. The summed E-state index contributed by atoms with van der Waals surface area (Å²) in [5.41, 5.74) is 0. The molecular formula is C12H24O4. The third-order valence-electron chi connectivity index (χ3n) is 2.49. The van der Waals surface area contributed by atoms with E-state index in [0.717, 1.165) is 13.0 Å². The molecule has 4 heteroatoms. The first-order valence-corrected chi connectivity index (χ1v) is 6.07. The lowest BCUT2D eigenvalue weighted by Gasteiger charge is -2.14. The highest BCUT2D eigenvalue weighted by molar-refractivity contribution is 5.67. The number of carboxylic acids is 1. The molecule has 96 valence electrons. The molecule has 0 aliphatic rings. The molecule has 0 heterocycles. The van der Waals surface area contributed by atoms with E-state index in [2.05, 4.69) is 13.8 Å². The van der Waals surface area contributed by atoms with Gasteiger partial charge >= 0.3 is 5.97 Å². The maximum Gasteiger partial charge on any atom is 0.329 e. The van der Waals surface area contributed by atoms with Crippen molar-refractivity contribution >= 4 is 5.97 Å². The number of hydrogen-bond donors (Lipinski definition) is 1. The van der Waals surface area contributed by atoms with Crippen molar-refractivity contribution in [2.24, 2.45) is 5.92 Å².